The first kappa shape index (κ1) is 20.3. The van der Waals surface area contributed by atoms with Crippen molar-refractivity contribution < 1.29 is 18.8 Å². The highest BCUT2D eigenvalue weighted by molar-refractivity contribution is 6.31. The number of primary amides is 1. The van der Waals surface area contributed by atoms with E-state index in [1.54, 1.807) is 11.0 Å². The van der Waals surface area contributed by atoms with Gasteiger partial charge in [-0.2, -0.15) is 5.10 Å². The van der Waals surface area contributed by atoms with Crippen molar-refractivity contribution in [2.75, 3.05) is 19.6 Å². The van der Waals surface area contributed by atoms with Crippen LogP contribution in [0.25, 0.3) is 0 Å². The Bertz CT molecular complexity index is 1000. The van der Waals surface area contributed by atoms with E-state index < -0.39 is 11.7 Å². The molecule has 1 aromatic heterocycles. The van der Waals surface area contributed by atoms with Gasteiger partial charge in [-0.3, -0.25) is 19.1 Å². The number of carbonyl (C=O) groups is 3. The van der Waals surface area contributed by atoms with Crippen LogP contribution in [0, 0.1) is 11.7 Å². The first-order valence-corrected chi connectivity index (χ1v) is 10.1. The number of hydrogen-bond donors (Lipinski definition) is 1. The van der Waals surface area contributed by atoms with Crippen molar-refractivity contribution in [3.8, 4) is 0 Å². The average Bonchev–Trinajstić information content (AvgIpc) is 3.17. The molecule has 8 nitrogen and oxygen atoms in total. The maximum Gasteiger partial charge on any atom is 0.274 e. The molecule has 2 aliphatic rings. The maximum atomic E-state index is 14.1. The second-order valence-corrected chi connectivity index (χ2v) is 7.96. The second-order valence-electron chi connectivity index (χ2n) is 7.56. The van der Waals surface area contributed by atoms with Crippen molar-refractivity contribution in [1.29, 1.82) is 0 Å². The molecule has 4 rings (SSSR count). The SMILES string of the molecule is NC(=O)[C@H]1CCCN(C(=O)c2cc3n(n2)CCN(Cc2c(F)cccc2Cl)C3=O)C1. The van der Waals surface area contributed by atoms with Crippen LogP contribution in [0.5, 0.6) is 0 Å². The van der Waals surface area contributed by atoms with Gasteiger partial charge >= 0.3 is 0 Å². The van der Waals surface area contributed by atoms with E-state index in [2.05, 4.69) is 5.10 Å². The molecule has 3 heterocycles. The Labute approximate surface area is 177 Å². The predicted molar refractivity (Wildman–Crippen MR) is 106 cm³/mol. The molecule has 3 amide bonds. The number of benzene rings is 1. The number of carbonyl (C=O) groups excluding carboxylic acids is 3. The number of amides is 3. The molecular weight excluding hydrogens is 413 g/mol. The molecule has 158 valence electrons. The molecule has 2 aliphatic heterocycles. The number of likely N-dealkylation sites (tertiary alicyclic amines) is 1. The lowest BCUT2D eigenvalue weighted by molar-refractivity contribution is -0.123. The normalized spacial score (nSPS) is 19.0. The first-order chi connectivity index (χ1) is 14.3. The molecule has 2 N–H and O–H groups in total. The minimum Gasteiger partial charge on any atom is -0.369 e. The number of nitrogens with zero attached hydrogens (tertiary/aromatic N) is 4. The van der Waals surface area contributed by atoms with E-state index in [4.69, 9.17) is 17.3 Å². The molecule has 10 heteroatoms. The molecule has 1 atom stereocenters. The number of aromatic nitrogens is 2. The van der Waals surface area contributed by atoms with Crippen molar-refractivity contribution in [1.82, 2.24) is 19.6 Å². The summed E-state index contributed by atoms with van der Waals surface area (Å²) in [5.41, 5.74) is 6.05. The number of halogens is 2. The molecule has 0 radical (unpaired) electrons. The van der Waals surface area contributed by atoms with Gasteiger partial charge in [-0.05, 0) is 25.0 Å². The van der Waals surface area contributed by atoms with Gasteiger partial charge in [-0.25, -0.2) is 4.39 Å². The molecule has 0 saturated carbocycles. The number of nitrogens with two attached hydrogens (primary N) is 1. The van der Waals surface area contributed by atoms with Gasteiger partial charge in [0.25, 0.3) is 11.8 Å². The molecular formula is C20H21ClFN5O3. The second kappa shape index (κ2) is 8.06. The van der Waals surface area contributed by atoms with E-state index in [0.29, 0.717) is 32.5 Å². The Kier molecular flexibility index (Phi) is 5.46. The molecule has 30 heavy (non-hydrogen) atoms. The average molecular weight is 434 g/mol. The summed E-state index contributed by atoms with van der Waals surface area (Å²) in [6.45, 7) is 1.49. The summed E-state index contributed by atoms with van der Waals surface area (Å²) in [5, 5.41) is 4.54. The zero-order valence-corrected chi connectivity index (χ0v) is 16.9. The predicted octanol–water partition coefficient (Wildman–Crippen LogP) is 1.67. The molecule has 2 aromatic rings. The van der Waals surface area contributed by atoms with Crippen LogP contribution in [0.15, 0.2) is 24.3 Å². The van der Waals surface area contributed by atoms with Crippen LogP contribution in [0.3, 0.4) is 0 Å². The Morgan fingerprint density at radius 1 is 1.27 bits per heavy atom. The molecule has 0 unspecified atom stereocenters. The van der Waals surface area contributed by atoms with Gasteiger partial charge in [0.2, 0.25) is 5.91 Å². The summed E-state index contributed by atoms with van der Waals surface area (Å²) < 4.78 is 15.6. The molecule has 0 bridgehead atoms. The van der Waals surface area contributed by atoms with Gasteiger partial charge in [0.15, 0.2) is 5.69 Å². The van der Waals surface area contributed by atoms with Crippen LogP contribution >= 0.6 is 11.6 Å². The van der Waals surface area contributed by atoms with Crippen LogP contribution in [-0.4, -0.2) is 56.9 Å². The molecule has 1 aromatic carbocycles. The number of rotatable bonds is 4. The lowest BCUT2D eigenvalue weighted by Gasteiger charge is -2.30. The van der Waals surface area contributed by atoms with Crippen LogP contribution in [-0.2, 0) is 17.9 Å². The van der Waals surface area contributed by atoms with Gasteiger partial charge in [-0.15, -0.1) is 0 Å². The first-order valence-electron chi connectivity index (χ1n) is 9.73. The molecule has 0 aliphatic carbocycles. The van der Waals surface area contributed by atoms with Crippen molar-refractivity contribution in [3.63, 3.8) is 0 Å². The van der Waals surface area contributed by atoms with Crippen LogP contribution < -0.4 is 5.73 Å². The smallest absolute Gasteiger partial charge is 0.274 e. The van der Waals surface area contributed by atoms with E-state index in [1.165, 1.54) is 27.8 Å². The highest BCUT2D eigenvalue weighted by Crippen LogP contribution is 2.24. The van der Waals surface area contributed by atoms with E-state index in [1.807, 2.05) is 0 Å². The minimum absolute atomic E-state index is 0.0330. The van der Waals surface area contributed by atoms with Crippen molar-refractivity contribution in [3.05, 3.63) is 52.1 Å². The molecule has 1 fully saturated rings. The topological polar surface area (TPSA) is 102 Å². The number of fused-ring (bicyclic) bond motifs is 1. The monoisotopic (exact) mass is 433 g/mol. The van der Waals surface area contributed by atoms with Gasteiger partial charge in [0, 0.05) is 36.3 Å². The number of hydrogen-bond acceptors (Lipinski definition) is 4. The highest BCUT2D eigenvalue weighted by atomic mass is 35.5. The van der Waals surface area contributed by atoms with Gasteiger partial charge < -0.3 is 15.5 Å². The number of piperidine rings is 1. The lowest BCUT2D eigenvalue weighted by atomic mass is 9.97. The van der Waals surface area contributed by atoms with Crippen LogP contribution in [0.4, 0.5) is 4.39 Å². The van der Waals surface area contributed by atoms with Gasteiger partial charge in [0.05, 0.1) is 19.0 Å². The van der Waals surface area contributed by atoms with Crippen LogP contribution in [0.1, 0.15) is 39.4 Å². The third-order valence-electron chi connectivity index (χ3n) is 5.61. The Morgan fingerprint density at radius 3 is 2.80 bits per heavy atom. The third-order valence-corrected chi connectivity index (χ3v) is 5.96. The standard InChI is InChI=1S/C20H21ClFN5O3/c21-14-4-1-5-15(22)13(14)11-26-7-8-27-17(20(26)30)9-16(24-27)19(29)25-6-2-3-12(10-25)18(23)28/h1,4-5,9,12H,2-3,6-8,10-11H2,(H2,23,28)/t12-/m0/s1. The van der Waals surface area contributed by atoms with Crippen LogP contribution in [0.2, 0.25) is 5.02 Å². The third kappa shape index (κ3) is 3.77. The Balaban J connectivity index is 1.52. The summed E-state index contributed by atoms with van der Waals surface area (Å²) in [4.78, 5) is 40.3. The fourth-order valence-corrected chi connectivity index (χ4v) is 4.15. The van der Waals surface area contributed by atoms with Gasteiger partial charge in [-0.1, -0.05) is 17.7 Å². The zero-order valence-electron chi connectivity index (χ0n) is 16.2. The summed E-state index contributed by atoms with van der Waals surface area (Å²) in [5.74, 6) is -1.95. The van der Waals surface area contributed by atoms with Gasteiger partial charge in [0.1, 0.15) is 11.5 Å². The fourth-order valence-electron chi connectivity index (χ4n) is 3.92. The van der Waals surface area contributed by atoms with Crippen molar-refractivity contribution in [2.24, 2.45) is 11.7 Å². The summed E-state index contributed by atoms with van der Waals surface area (Å²) in [7, 11) is 0. The summed E-state index contributed by atoms with van der Waals surface area (Å²) in [6, 6.07) is 5.84. The van der Waals surface area contributed by atoms with Crippen molar-refractivity contribution >= 4 is 29.3 Å². The zero-order chi connectivity index (χ0) is 21.4. The van der Waals surface area contributed by atoms with E-state index >= 15 is 0 Å². The molecule has 0 spiro atoms. The minimum atomic E-state index is -0.473. The lowest BCUT2D eigenvalue weighted by Crippen LogP contribution is -2.44. The van der Waals surface area contributed by atoms with E-state index in [9.17, 15) is 18.8 Å². The quantitative estimate of drug-likeness (QED) is 0.792. The Morgan fingerprint density at radius 2 is 2.07 bits per heavy atom. The largest absolute Gasteiger partial charge is 0.369 e. The summed E-state index contributed by atoms with van der Waals surface area (Å²) >= 11 is 6.08. The molecule has 1 saturated heterocycles. The summed E-state index contributed by atoms with van der Waals surface area (Å²) in [6.07, 6.45) is 1.34. The van der Waals surface area contributed by atoms with E-state index in [-0.39, 0.29) is 52.8 Å². The highest BCUT2D eigenvalue weighted by Gasteiger charge is 2.32. The van der Waals surface area contributed by atoms with E-state index in [0.717, 1.165) is 0 Å². The maximum absolute atomic E-state index is 14.1. The Hall–Kier alpha value is -2.94. The van der Waals surface area contributed by atoms with Crippen molar-refractivity contribution in [2.45, 2.75) is 25.9 Å². The fraction of sp³-hybridized carbons (Fsp3) is 0.400.